The predicted octanol–water partition coefficient (Wildman–Crippen LogP) is 20.0. The lowest BCUT2D eigenvalue weighted by molar-refractivity contribution is -0.151. The highest BCUT2D eigenvalue weighted by Crippen LogP contribution is 2.20. The second kappa shape index (κ2) is 58.5. The fourth-order valence-corrected chi connectivity index (χ4v) is 10.3. The lowest BCUT2D eigenvalue weighted by atomic mass is 10.0. The van der Waals surface area contributed by atoms with Crippen molar-refractivity contribution in [3.8, 4) is 0 Å². The Labute approximate surface area is 438 Å². The molecule has 3 unspecified atom stereocenters. The third kappa shape index (κ3) is 52.9. The van der Waals surface area contributed by atoms with Gasteiger partial charge in [-0.25, -0.2) is 0 Å². The van der Waals surface area contributed by atoms with Crippen LogP contribution in [0.15, 0.2) is 12.2 Å². The number of amides is 1. The van der Waals surface area contributed by atoms with Crippen molar-refractivity contribution in [2.24, 2.45) is 0 Å². The van der Waals surface area contributed by atoms with Gasteiger partial charge in [0.25, 0.3) is 0 Å². The van der Waals surface area contributed by atoms with Crippen LogP contribution in [-0.2, 0) is 14.3 Å². The average molecular weight is 989 g/mol. The van der Waals surface area contributed by atoms with Crippen molar-refractivity contribution < 1.29 is 24.5 Å². The summed E-state index contributed by atoms with van der Waals surface area (Å²) in [4.78, 5) is 26.4. The first kappa shape index (κ1) is 68.6. The molecule has 0 saturated heterocycles. The predicted molar refractivity (Wildman–Crippen MR) is 306 cm³/mol. The first-order valence-electron chi connectivity index (χ1n) is 31.9. The average Bonchev–Trinajstić information content (AvgIpc) is 3.35. The minimum Gasteiger partial charge on any atom is -0.462 e. The van der Waals surface area contributed by atoms with Gasteiger partial charge < -0.3 is 20.3 Å². The molecule has 0 aliphatic heterocycles. The molecule has 1 amide bonds. The van der Waals surface area contributed by atoms with Crippen molar-refractivity contribution in [1.82, 2.24) is 5.32 Å². The molecule has 0 aromatic carbocycles. The molecule has 0 aromatic rings. The third-order valence-corrected chi connectivity index (χ3v) is 15.1. The van der Waals surface area contributed by atoms with Crippen LogP contribution in [0.5, 0.6) is 0 Å². The van der Waals surface area contributed by atoms with Crippen molar-refractivity contribution in [3.63, 3.8) is 0 Å². The van der Waals surface area contributed by atoms with Crippen molar-refractivity contribution in [2.45, 2.75) is 379 Å². The number of unbranched alkanes of at least 4 members (excludes halogenated alkanes) is 45. The molecule has 0 spiro atoms. The minimum absolute atomic E-state index is 0.0855. The molecule has 0 aliphatic carbocycles. The van der Waals surface area contributed by atoms with E-state index in [4.69, 9.17) is 4.74 Å². The van der Waals surface area contributed by atoms with Gasteiger partial charge in [0.2, 0.25) is 5.91 Å². The van der Waals surface area contributed by atoms with Gasteiger partial charge in [-0.2, -0.15) is 0 Å². The number of hydrogen-bond donors (Lipinski definition) is 3. The fourth-order valence-electron chi connectivity index (χ4n) is 10.3. The van der Waals surface area contributed by atoms with E-state index in [1.165, 1.54) is 270 Å². The van der Waals surface area contributed by atoms with Crippen LogP contribution < -0.4 is 5.32 Å². The molecule has 6 nitrogen and oxygen atoms in total. The highest BCUT2D eigenvalue weighted by molar-refractivity contribution is 5.77. The molecule has 3 N–H and O–H groups in total. The lowest BCUT2D eigenvalue weighted by Gasteiger charge is -2.24. The Morgan fingerprint density at radius 1 is 0.400 bits per heavy atom. The van der Waals surface area contributed by atoms with Gasteiger partial charge in [-0.05, 0) is 51.4 Å². The molecule has 0 saturated carbocycles. The zero-order valence-corrected chi connectivity index (χ0v) is 47.7. The first-order chi connectivity index (χ1) is 34.5. The van der Waals surface area contributed by atoms with E-state index in [2.05, 4.69) is 38.2 Å². The SMILES string of the molecule is CCCCCCCC/C=C/CCCCCCCCCCCC(=O)OC(CCCCCCCCCCCCCCCCCC)CC(=O)NC(CO)C(O)CCCCCCCCCCCCCCCCCC. The molecule has 0 aliphatic rings. The number of nitrogens with one attached hydrogen (secondary N) is 1. The van der Waals surface area contributed by atoms with Crippen LogP contribution in [0.3, 0.4) is 0 Å². The molecule has 0 bridgehead atoms. The summed E-state index contributed by atoms with van der Waals surface area (Å²) in [7, 11) is 0. The number of hydrogen-bond acceptors (Lipinski definition) is 5. The first-order valence-corrected chi connectivity index (χ1v) is 31.9. The highest BCUT2D eigenvalue weighted by atomic mass is 16.5. The van der Waals surface area contributed by atoms with Crippen LogP contribution in [-0.4, -0.2) is 46.9 Å². The number of ether oxygens (including phenoxy) is 1. The van der Waals surface area contributed by atoms with E-state index >= 15 is 0 Å². The fraction of sp³-hybridized carbons (Fsp3) is 0.938. The molecule has 0 aromatic heterocycles. The number of allylic oxidation sites excluding steroid dienone is 2. The molecule has 416 valence electrons. The topological polar surface area (TPSA) is 95.9 Å². The molecule has 0 rings (SSSR count). The summed E-state index contributed by atoms with van der Waals surface area (Å²) in [5.41, 5.74) is 0. The lowest BCUT2D eigenvalue weighted by Crippen LogP contribution is -2.46. The molecule has 6 heteroatoms. The number of rotatable bonds is 59. The van der Waals surface area contributed by atoms with Crippen LogP contribution in [0.4, 0.5) is 0 Å². The Morgan fingerprint density at radius 3 is 1.01 bits per heavy atom. The maximum Gasteiger partial charge on any atom is 0.306 e. The van der Waals surface area contributed by atoms with Crippen molar-refractivity contribution in [3.05, 3.63) is 12.2 Å². The quantitative estimate of drug-likeness (QED) is 0.0321. The van der Waals surface area contributed by atoms with Crippen LogP contribution in [0.25, 0.3) is 0 Å². The van der Waals surface area contributed by atoms with Crippen LogP contribution >= 0.6 is 0 Å². The summed E-state index contributed by atoms with van der Waals surface area (Å²) < 4.78 is 5.99. The Hall–Kier alpha value is -1.40. The Kier molecular flexibility index (Phi) is 57.3. The van der Waals surface area contributed by atoms with Gasteiger partial charge in [0.1, 0.15) is 6.10 Å². The number of aliphatic hydroxyl groups excluding tert-OH is 2. The highest BCUT2D eigenvalue weighted by Gasteiger charge is 2.24. The molecular weight excluding hydrogens is 863 g/mol. The third-order valence-electron chi connectivity index (χ3n) is 15.1. The number of aliphatic hydroxyl groups is 2. The summed E-state index contributed by atoms with van der Waals surface area (Å²) in [6, 6.07) is -0.697. The van der Waals surface area contributed by atoms with Gasteiger partial charge in [-0.1, -0.05) is 309 Å². The summed E-state index contributed by atoms with van der Waals surface area (Å²) >= 11 is 0. The zero-order chi connectivity index (χ0) is 50.9. The van der Waals surface area contributed by atoms with E-state index in [0.717, 1.165) is 44.9 Å². The minimum atomic E-state index is -0.784. The Balaban J connectivity index is 4.47. The summed E-state index contributed by atoms with van der Waals surface area (Å²) in [6.07, 6.45) is 68.6. The second-order valence-corrected chi connectivity index (χ2v) is 22.2. The van der Waals surface area contributed by atoms with Gasteiger partial charge in [0.15, 0.2) is 0 Å². The van der Waals surface area contributed by atoms with Gasteiger partial charge in [0, 0.05) is 6.42 Å². The molecule has 3 atom stereocenters. The van der Waals surface area contributed by atoms with Crippen LogP contribution in [0, 0.1) is 0 Å². The van der Waals surface area contributed by atoms with Crippen molar-refractivity contribution in [2.75, 3.05) is 6.61 Å². The van der Waals surface area contributed by atoms with Gasteiger partial charge in [-0.3, -0.25) is 9.59 Å². The molecule has 0 radical (unpaired) electrons. The summed E-state index contributed by atoms with van der Waals surface area (Å²) in [5, 5.41) is 24.0. The molecular formula is C64H125NO5. The normalized spacial score (nSPS) is 13.0. The van der Waals surface area contributed by atoms with Crippen molar-refractivity contribution >= 4 is 11.9 Å². The smallest absolute Gasteiger partial charge is 0.306 e. The number of carbonyl (C=O) groups excluding carboxylic acids is 2. The van der Waals surface area contributed by atoms with Gasteiger partial charge in [0.05, 0.1) is 25.2 Å². The van der Waals surface area contributed by atoms with Crippen LogP contribution in [0.1, 0.15) is 361 Å². The van der Waals surface area contributed by atoms with E-state index in [-0.39, 0.29) is 24.9 Å². The van der Waals surface area contributed by atoms with Crippen molar-refractivity contribution in [1.29, 1.82) is 0 Å². The van der Waals surface area contributed by atoms with E-state index in [9.17, 15) is 19.8 Å². The largest absolute Gasteiger partial charge is 0.462 e. The van der Waals surface area contributed by atoms with Gasteiger partial charge >= 0.3 is 5.97 Å². The Bertz CT molecular complexity index is 1060. The molecule has 0 heterocycles. The monoisotopic (exact) mass is 988 g/mol. The second-order valence-electron chi connectivity index (χ2n) is 22.2. The van der Waals surface area contributed by atoms with E-state index < -0.39 is 18.2 Å². The summed E-state index contributed by atoms with van der Waals surface area (Å²) in [6.45, 7) is 6.54. The molecule has 0 fully saturated rings. The van der Waals surface area contributed by atoms with Crippen LogP contribution in [0.2, 0.25) is 0 Å². The van der Waals surface area contributed by atoms with Gasteiger partial charge in [-0.15, -0.1) is 0 Å². The number of esters is 1. The van der Waals surface area contributed by atoms with E-state index in [1.54, 1.807) is 0 Å². The zero-order valence-electron chi connectivity index (χ0n) is 47.7. The van der Waals surface area contributed by atoms with E-state index in [1.807, 2.05) is 0 Å². The molecule has 70 heavy (non-hydrogen) atoms. The number of carbonyl (C=O) groups is 2. The van der Waals surface area contributed by atoms with E-state index in [0.29, 0.717) is 19.3 Å². The summed E-state index contributed by atoms with van der Waals surface area (Å²) in [5.74, 6) is -0.447. The standard InChI is InChI=1S/C64H125NO5/c1-4-7-10-13-16-19-22-25-28-31-32-33-36-39-42-45-48-51-54-57-64(69)70-60(55-52-49-46-43-40-37-34-29-26-23-20-17-14-11-8-5-2)58-63(68)65-61(59-66)62(67)56-53-50-47-44-41-38-35-30-27-24-21-18-15-12-9-6-3/h25,28,60-62,66-67H,4-24,26-27,29-59H2,1-3H3,(H,65,68)/b28-25+. The maximum absolute atomic E-state index is 13.3. The maximum atomic E-state index is 13.3. The Morgan fingerprint density at radius 2 is 0.686 bits per heavy atom.